The summed E-state index contributed by atoms with van der Waals surface area (Å²) >= 11 is 0. The first-order valence-corrected chi connectivity index (χ1v) is 6.95. The van der Waals surface area contributed by atoms with Crippen LogP contribution in [0.3, 0.4) is 0 Å². The highest BCUT2D eigenvalue weighted by molar-refractivity contribution is 6.07. The summed E-state index contributed by atoms with van der Waals surface area (Å²) in [6.07, 6.45) is 2.13. The van der Waals surface area contributed by atoms with Crippen molar-refractivity contribution in [3.8, 4) is 0 Å². The fourth-order valence-corrected chi connectivity index (χ4v) is 2.52. The maximum atomic E-state index is 13.0. The maximum Gasteiger partial charge on any atom is 0.325 e. The summed E-state index contributed by atoms with van der Waals surface area (Å²) in [5.41, 5.74) is -0.433. The number of carbonyl (C=O) groups excluding carboxylic acids is 2. The third kappa shape index (κ3) is 2.28. The second kappa shape index (κ2) is 5.61. The molecule has 0 aliphatic carbocycles. The van der Waals surface area contributed by atoms with Gasteiger partial charge in [-0.15, -0.1) is 0 Å². The number of nitrogens with one attached hydrogen (secondary N) is 1. The van der Waals surface area contributed by atoms with E-state index in [4.69, 9.17) is 0 Å². The van der Waals surface area contributed by atoms with E-state index in [-0.39, 0.29) is 17.8 Å². The Morgan fingerprint density at radius 2 is 1.85 bits per heavy atom. The van der Waals surface area contributed by atoms with Crippen molar-refractivity contribution in [1.82, 2.24) is 10.2 Å². The molecule has 108 valence electrons. The Hall–Kier alpha value is -1.91. The zero-order chi connectivity index (χ0) is 14.8. The molecule has 0 spiro atoms. The van der Waals surface area contributed by atoms with Crippen molar-refractivity contribution in [2.45, 2.75) is 38.6 Å². The number of benzene rings is 1. The molecule has 20 heavy (non-hydrogen) atoms. The smallest absolute Gasteiger partial charge is 0.319 e. The van der Waals surface area contributed by atoms with Crippen LogP contribution in [0.5, 0.6) is 0 Å². The molecule has 1 heterocycles. The van der Waals surface area contributed by atoms with Gasteiger partial charge in [-0.1, -0.05) is 32.4 Å². The Morgan fingerprint density at radius 3 is 2.40 bits per heavy atom. The molecule has 3 amide bonds. The van der Waals surface area contributed by atoms with Crippen molar-refractivity contribution < 1.29 is 14.0 Å². The Kier molecular flexibility index (Phi) is 4.06. The molecule has 1 aromatic rings. The first-order valence-electron chi connectivity index (χ1n) is 6.95. The summed E-state index contributed by atoms with van der Waals surface area (Å²) in [7, 11) is 0. The maximum absolute atomic E-state index is 13.0. The van der Waals surface area contributed by atoms with Gasteiger partial charge in [-0.05, 0) is 30.5 Å². The minimum Gasteiger partial charge on any atom is -0.319 e. The molecule has 5 heteroatoms. The molecule has 2 rings (SSSR count). The van der Waals surface area contributed by atoms with Gasteiger partial charge in [0.15, 0.2) is 0 Å². The summed E-state index contributed by atoms with van der Waals surface area (Å²) in [4.78, 5) is 25.9. The van der Waals surface area contributed by atoms with Gasteiger partial charge >= 0.3 is 6.03 Å². The van der Waals surface area contributed by atoms with Gasteiger partial charge in [0.05, 0.1) is 0 Å². The quantitative estimate of drug-likeness (QED) is 0.842. The van der Waals surface area contributed by atoms with Crippen LogP contribution in [0.25, 0.3) is 0 Å². The minimum atomic E-state index is -1.06. The van der Waals surface area contributed by atoms with E-state index in [1.165, 1.54) is 17.0 Å². The minimum absolute atomic E-state index is 0.245. The van der Waals surface area contributed by atoms with E-state index in [9.17, 15) is 14.0 Å². The van der Waals surface area contributed by atoms with Crippen molar-refractivity contribution in [3.05, 3.63) is 35.6 Å². The molecule has 1 aliphatic rings. The van der Waals surface area contributed by atoms with Gasteiger partial charge < -0.3 is 5.32 Å². The molecule has 1 aromatic carbocycles. The van der Waals surface area contributed by atoms with Crippen LogP contribution in [-0.2, 0) is 10.3 Å². The predicted octanol–water partition coefficient (Wildman–Crippen LogP) is 2.78. The molecule has 1 unspecified atom stereocenters. The molecule has 0 radical (unpaired) electrons. The molecule has 0 bridgehead atoms. The third-order valence-corrected chi connectivity index (χ3v) is 3.78. The highest BCUT2D eigenvalue weighted by Crippen LogP contribution is 2.32. The summed E-state index contributed by atoms with van der Waals surface area (Å²) in [6, 6.07) is 5.36. The second-order valence-electron chi connectivity index (χ2n) is 5.01. The molecule has 1 fully saturated rings. The molecule has 0 saturated carbocycles. The largest absolute Gasteiger partial charge is 0.325 e. The first-order chi connectivity index (χ1) is 9.55. The Morgan fingerprint density at radius 1 is 1.20 bits per heavy atom. The molecular formula is C15H19FN2O2. The number of unbranched alkanes of at least 4 members (excludes halogenated alkanes) is 1. The number of halogens is 1. The number of rotatable bonds is 5. The monoisotopic (exact) mass is 278 g/mol. The van der Waals surface area contributed by atoms with Crippen LogP contribution in [0, 0.1) is 5.82 Å². The lowest BCUT2D eigenvalue weighted by molar-refractivity contribution is -0.131. The van der Waals surface area contributed by atoms with Crippen LogP contribution in [0.15, 0.2) is 24.3 Å². The first kappa shape index (κ1) is 14.5. The molecule has 1 aliphatic heterocycles. The average Bonchev–Trinajstić information content (AvgIpc) is 2.69. The van der Waals surface area contributed by atoms with Crippen molar-refractivity contribution in [1.29, 1.82) is 0 Å². The zero-order valence-electron chi connectivity index (χ0n) is 11.8. The predicted molar refractivity (Wildman–Crippen MR) is 73.5 cm³/mol. The lowest BCUT2D eigenvalue weighted by atomic mass is 9.87. The number of nitrogens with zero attached hydrogens (tertiary/aromatic N) is 1. The van der Waals surface area contributed by atoms with Crippen molar-refractivity contribution in [2.24, 2.45) is 0 Å². The Balaban J connectivity index is 2.34. The van der Waals surface area contributed by atoms with Crippen molar-refractivity contribution >= 4 is 11.9 Å². The molecule has 1 saturated heterocycles. The standard InChI is InChI=1S/C15H19FN2O2/c1-3-5-10-18-13(19)15(4-2,17-14(18)20)11-6-8-12(16)9-7-11/h6-9H,3-5,10H2,1-2H3,(H,17,20). The molecule has 4 nitrogen and oxygen atoms in total. The van der Waals surface area contributed by atoms with Crippen LogP contribution in [0.4, 0.5) is 9.18 Å². The number of amides is 3. The van der Waals surface area contributed by atoms with Crippen LogP contribution in [-0.4, -0.2) is 23.4 Å². The van der Waals surface area contributed by atoms with Gasteiger partial charge in [0, 0.05) is 6.54 Å². The van der Waals surface area contributed by atoms with Gasteiger partial charge in [-0.3, -0.25) is 9.69 Å². The normalized spacial score (nSPS) is 22.2. The SMILES string of the molecule is CCCCN1C(=O)NC(CC)(c2ccc(F)cc2)C1=O. The second-order valence-corrected chi connectivity index (χ2v) is 5.01. The summed E-state index contributed by atoms with van der Waals surface area (Å²) in [6.45, 7) is 4.26. The molecule has 1 atom stereocenters. The summed E-state index contributed by atoms with van der Waals surface area (Å²) < 4.78 is 13.0. The summed E-state index contributed by atoms with van der Waals surface area (Å²) in [5.74, 6) is -0.607. The highest BCUT2D eigenvalue weighted by Gasteiger charge is 2.50. The fraction of sp³-hybridized carbons (Fsp3) is 0.467. The summed E-state index contributed by atoms with van der Waals surface area (Å²) in [5, 5.41) is 2.78. The number of urea groups is 1. The van der Waals surface area contributed by atoms with E-state index in [1.54, 1.807) is 12.1 Å². The zero-order valence-corrected chi connectivity index (χ0v) is 11.8. The topological polar surface area (TPSA) is 49.4 Å². The van der Waals surface area contributed by atoms with E-state index in [0.717, 1.165) is 12.8 Å². The average molecular weight is 278 g/mol. The Labute approximate surface area is 118 Å². The lowest BCUT2D eigenvalue weighted by Gasteiger charge is -2.25. The van der Waals surface area contributed by atoms with Gasteiger partial charge in [0.2, 0.25) is 0 Å². The molecule has 1 N–H and O–H groups in total. The Bertz CT molecular complexity index is 515. The molecule has 0 aromatic heterocycles. The van der Waals surface area contributed by atoms with E-state index in [1.807, 2.05) is 13.8 Å². The van der Waals surface area contributed by atoms with Crippen LogP contribution < -0.4 is 5.32 Å². The van der Waals surface area contributed by atoms with E-state index in [0.29, 0.717) is 18.5 Å². The van der Waals surface area contributed by atoms with Gasteiger partial charge in [0.1, 0.15) is 11.4 Å². The number of imide groups is 1. The molecular weight excluding hydrogens is 259 g/mol. The van der Waals surface area contributed by atoms with Gasteiger partial charge in [-0.25, -0.2) is 9.18 Å². The van der Waals surface area contributed by atoms with Crippen LogP contribution in [0.2, 0.25) is 0 Å². The third-order valence-electron chi connectivity index (χ3n) is 3.78. The van der Waals surface area contributed by atoms with E-state index in [2.05, 4.69) is 5.32 Å². The van der Waals surface area contributed by atoms with Crippen molar-refractivity contribution in [3.63, 3.8) is 0 Å². The van der Waals surface area contributed by atoms with Crippen molar-refractivity contribution in [2.75, 3.05) is 6.54 Å². The fourth-order valence-electron chi connectivity index (χ4n) is 2.52. The van der Waals surface area contributed by atoms with E-state index >= 15 is 0 Å². The van der Waals surface area contributed by atoms with Gasteiger partial charge in [0.25, 0.3) is 5.91 Å². The van der Waals surface area contributed by atoms with Crippen LogP contribution in [0.1, 0.15) is 38.7 Å². The number of carbonyl (C=O) groups is 2. The number of hydrogen-bond acceptors (Lipinski definition) is 2. The number of hydrogen-bond donors (Lipinski definition) is 1. The van der Waals surface area contributed by atoms with Crippen LogP contribution >= 0.6 is 0 Å². The lowest BCUT2D eigenvalue weighted by Crippen LogP contribution is -2.43. The highest BCUT2D eigenvalue weighted by atomic mass is 19.1. The van der Waals surface area contributed by atoms with E-state index < -0.39 is 5.54 Å². The van der Waals surface area contributed by atoms with Gasteiger partial charge in [-0.2, -0.15) is 0 Å².